The molecule has 2 rings (SSSR count). The van der Waals surface area contributed by atoms with Gasteiger partial charge in [0.1, 0.15) is 10.6 Å². The predicted octanol–water partition coefficient (Wildman–Crippen LogP) is 2.77. The molecule has 1 amide bonds. The predicted molar refractivity (Wildman–Crippen MR) is 81.9 cm³/mol. The van der Waals surface area contributed by atoms with E-state index in [0.29, 0.717) is 10.4 Å². The fourth-order valence-electron chi connectivity index (χ4n) is 1.87. The molecule has 0 saturated heterocycles. The van der Waals surface area contributed by atoms with Gasteiger partial charge in [0.2, 0.25) is 0 Å². The Morgan fingerprint density at radius 1 is 1.48 bits per heavy atom. The first-order chi connectivity index (χ1) is 11.0. The Hall–Kier alpha value is -2.06. The number of aromatic nitrogens is 1. The zero-order valence-corrected chi connectivity index (χ0v) is 13.1. The number of amides is 1. The maximum absolute atomic E-state index is 12.2. The molecule has 0 spiro atoms. The molecule has 1 aromatic heterocycles. The van der Waals surface area contributed by atoms with E-state index >= 15 is 0 Å². The molecule has 23 heavy (non-hydrogen) atoms. The number of nitrogens with zero attached hydrogens (tertiary/aromatic N) is 1. The molecule has 0 bridgehead atoms. The van der Waals surface area contributed by atoms with Crippen LogP contribution in [0.15, 0.2) is 30.5 Å². The highest BCUT2D eigenvalue weighted by molar-refractivity contribution is 7.13. The summed E-state index contributed by atoms with van der Waals surface area (Å²) in [6.45, 7) is -1.03. The summed E-state index contributed by atoms with van der Waals surface area (Å²) in [5, 5.41) is 13.5. The molecule has 124 valence electrons. The number of benzene rings is 1. The second-order valence-corrected chi connectivity index (χ2v) is 5.76. The molecule has 1 unspecified atom stereocenters. The highest BCUT2D eigenvalue weighted by Crippen LogP contribution is 2.21. The van der Waals surface area contributed by atoms with Crippen molar-refractivity contribution in [1.82, 2.24) is 10.3 Å². The molecule has 1 heterocycles. The lowest BCUT2D eigenvalue weighted by Crippen LogP contribution is -2.27. The van der Waals surface area contributed by atoms with E-state index < -0.39 is 12.7 Å². The molecule has 0 aliphatic carbocycles. The lowest BCUT2D eigenvalue weighted by atomic mass is 10.1. The summed E-state index contributed by atoms with van der Waals surface area (Å²) in [7, 11) is 0. The van der Waals surface area contributed by atoms with Crippen molar-refractivity contribution in [2.45, 2.75) is 26.1 Å². The SMILES string of the molecule is CCc1ncc(C(=O)NCC(O)c2cccc(OC(F)F)c2)s1. The number of nitrogens with one attached hydrogen (secondary N) is 1. The Morgan fingerprint density at radius 2 is 2.26 bits per heavy atom. The van der Waals surface area contributed by atoms with Gasteiger partial charge in [-0.15, -0.1) is 11.3 Å². The summed E-state index contributed by atoms with van der Waals surface area (Å²) >= 11 is 1.29. The number of halogens is 2. The maximum atomic E-state index is 12.2. The normalized spacial score (nSPS) is 12.2. The fourth-order valence-corrected chi connectivity index (χ4v) is 2.64. The first-order valence-corrected chi connectivity index (χ1v) is 7.77. The van der Waals surface area contributed by atoms with E-state index in [9.17, 15) is 18.7 Å². The largest absolute Gasteiger partial charge is 0.435 e. The van der Waals surface area contributed by atoms with Crippen molar-refractivity contribution in [3.63, 3.8) is 0 Å². The molecule has 0 fully saturated rings. The van der Waals surface area contributed by atoms with Crippen LogP contribution in [-0.2, 0) is 6.42 Å². The van der Waals surface area contributed by atoms with Gasteiger partial charge in [-0.3, -0.25) is 4.79 Å². The minimum absolute atomic E-state index is 0.0436. The number of carbonyl (C=O) groups excluding carboxylic acids is 1. The lowest BCUT2D eigenvalue weighted by molar-refractivity contribution is -0.0499. The summed E-state index contributed by atoms with van der Waals surface area (Å²) in [5.41, 5.74) is 0.377. The van der Waals surface area contributed by atoms with Crippen molar-refractivity contribution in [3.05, 3.63) is 45.9 Å². The van der Waals surface area contributed by atoms with E-state index in [0.717, 1.165) is 11.4 Å². The van der Waals surface area contributed by atoms with Crippen molar-refractivity contribution < 1.29 is 23.4 Å². The lowest BCUT2D eigenvalue weighted by Gasteiger charge is -2.13. The first-order valence-electron chi connectivity index (χ1n) is 6.95. The van der Waals surface area contributed by atoms with Crippen LogP contribution in [0.25, 0.3) is 0 Å². The number of thiazole rings is 1. The van der Waals surface area contributed by atoms with Crippen molar-refractivity contribution in [1.29, 1.82) is 0 Å². The average Bonchev–Trinajstić information content (AvgIpc) is 3.01. The van der Waals surface area contributed by atoms with E-state index in [2.05, 4.69) is 15.0 Å². The van der Waals surface area contributed by atoms with E-state index in [1.807, 2.05) is 6.92 Å². The molecule has 0 radical (unpaired) electrons. The number of aryl methyl sites for hydroxylation is 1. The van der Waals surface area contributed by atoms with Gasteiger partial charge in [-0.1, -0.05) is 19.1 Å². The smallest absolute Gasteiger partial charge is 0.387 e. The van der Waals surface area contributed by atoms with Crippen LogP contribution in [0.1, 0.15) is 33.3 Å². The van der Waals surface area contributed by atoms with Gasteiger partial charge in [-0.2, -0.15) is 8.78 Å². The molecular formula is C15H16F2N2O3S. The van der Waals surface area contributed by atoms with E-state index in [1.165, 1.54) is 35.7 Å². The minimum Gasteiger partial charge on any atom is -0.435 e. The summed E-state index contributed by atoms with van der Waals surface area (Å²) in [5.74, 6) is -0.376. The van der Waals surface area contributed by atoms with Crippen molar-refractivity contribution in [2.24, 2.45) is 0 Å². The van der Waals surface area contributed by atoms with Gasteiger partial charge in [0.25, 0.3) is 5.91 Å². The molecule has 1 atom stereocenters. The van der Waals surface area contributed by atoms with Crippen LogP contribution in [0.2, 0.25) is 0 Å². The summed E-state index contributed by atoms with van der Waals surface area (Å²) < 4.78 is 28.6. The van der Waals surface area contributed by atoms with Crippen LogP contribution in [0.5, 0.6) is 5.75 Å². The first kappa shape index (κ1) is 17.3. The monoisotopic (exact) mass is 342 g/mol. The van der Waals surface area contributed by atoms with Crippen LogP contribution in [0, 0.1) is 0 Å². The number of aliphatic hydroxyl groups excluding tert-OH is 1. The fraction of sp³-hybridized carbons (Fsp3) is 0.333. The van der Waals surface area contributed by atoms with Gasteiger partial charge in [-0.25, -0.2) is 4.98 Å². The molecule has 1 aromatic carbocycles. The van der Waals surface area contributed by atoms with Gasteiger partial charge >= 0.3 is 6.61 Å². The van der Waals surface area contributed by atoms with E-state index in [4.69, 9.17) is 0 Å². The number of rotatable bonds is 7. The minimum atomic E-state index is -2.93. The molecule has 8 heteroatoms. The number of ether oxygens (including phenoxy) is 1. The summed E-state index contributed by atoms with van der Waals surface area (Å²) in [6, 6.07) is 5.74. The summed E-state index contributed by atoms with van der Waals surface area (Å²) in [4.78, 5) is 16.5. The second kappa shape index (κ2) is 7.98. The third-order valence-corrected chi connectivity index (χ3v) is 4.14. The Kier molecular flexibility index (Phi) is 6.00. The zero-order valence-electron chi connectivity index (χ0n) is 12.3. The van der Waals surface area contributed by atoms with E-state index in [-0.39, 0.29) is 18.2 Å². The van der Waals surface area contributed by atoms with Crippen molar-refractivity contribution in [3.8, 4) is 5.75 Å². The maximum Gasteiger partial charge on any atom is 0.387 e. The van der Waals surface area contributed by atoms with Crippen LogP contribution < -0.4 is 10.1 Å². The summed E-state index contributed by atoms with van der Waals surface area (Å²) in [6.07, 6.45) is 1.21. The molecular weight excluding hydrogens is 326 g/mol. The molecule has 0 aliphatic heterocycles. The van der Waals surface area contributed by atoms with Gasteiger partial charge in [0.15, 0.2) is 0 Å². The third-order valence-electron chi connectivity index (χ3n) is 3.00. The van der Waals surface area contributed by atoms with Gasteiger partial charge in [0, 0.05) is 6.54 Å². The number of alkyl halides is 2. The van der Waals surface area contributed by atoms with Gasteiger partial charge in [-0.05, 0) is 24.1 Å². The Bertz CT molecular complexity index is 664. The van der Waals surface area contributed by atoms with Crippen LogP contribution in [0.4, 0.5) is 8.78 Å². The highest BCUT2D eigenvalue weighted by Gasteiger charge is 2.14. The standard InChI is InChI=1S/C15H16F2N2O3S/c1-2-13-18-8-12(23-13)14(21)19-7-11(20)9-4-3-5-10(6-9)22-15(16)17/h3-6,8,11,15,20H,2,7H2,1H3,(H,19,21). The Balaban J connectivity index is 1.93. The number of hydrogen-bond acceptors (Lipinski definition) is 5. The topological polar surface area (TPSA) is 71.5 Å². The molecule has 2 aromatic rings. The highest BCUT2D eigenvalue weighted by atomic mass is 32.1. The molecule has 5 nitrogen and oxygen atoms in total. The Labute approximate surface area is 135 Å². The third kappa shape index (κ3) is 4.97. The van der Waals surface area contributed by atoms with Crippen LogP contribution in [0.3, 0.4) is 0 Å². The molecule has 2 N–H and O–H groups in total. The van der Waals surface area contributed by atoms with Crippen LogP contribution >= 0.6 is 11.3 Å². The average molecular weight is 342 g/mol. The van der Waals surface area contributed by atoms with Crippen molar-refractivity contribution in [2.75, 3.05) is 6.54 Å². The number of carbonyl (C=O) groups is 1. The molecule has 0 aliphatic rings. The quantitative estimate of drug-likeness (QED) is 0.812. The number of hydrogen-bond donors (Lipinski definition) is 2. The van der Waals surface area contributed by atoms with Crippen LogP contribution in [-0.4, -0.2) is 29.2 Å². The van der Waals surface area contributed by atoms with Gasteiger partial charge in [0.05, 0.1) is 17.3 Å². The van der Waals surface area contributed by atoms with E-state index in [1.54, 1.807) is 6.07 Å². The van der Waals surface area contributed by atoms with Crippen molar-refractivity contribution >= 4 is 17.2 Å². The molecule has 0 saturated carbocycles. The number of aliphatic hydroxyl groups is 1. The Morgan fingerprint density at radius 3 is 2.91 bits per heavy atom. The second-order valence-electron chi connectivity index (χ2n) is 4.65. The zero-order chi connectivity index (χ0) is 16.8. The van der Waals surface area contributed by atoms with Gasteiger partial charge < -0.3 is 15.2 Å².